The van der Waals surface area contributed by atoms with Crippen molar-refractivity contribution >= 4 is 5.78 Å². The third-order valence-corrected chi connectivity index (χ3v) is 2.08. The monoisotopic (exact) mass is 159 g/mol. The summed E-state index contributed by atoms with van der Waals surface area (Å²) in [4.78, 5) is 11.1. The normalized spacial score (nSPS) is 37.5. The third kappa shape index (κ3) is 1.99. The van der Waals surface area contributed by atoms with Crippen LogP contribution < -0.4 is 5.32 Å². The minimum absolute atomic E-state index is 0.117. The van der Waals surface area contributed by atoms with E-state index in [-0.39, 0.29) is 11.8 Å². The summed E-state index contributed by atoms with van der Waals surface area (Å²) in [7, 11) is 0. The van der Waals surface area contributed by atoms with E-state index in [0.29, 0.717) is 19.4 Å². The summed E-state index contributed by atoms with van der Waals surface area (Å²) >= 11 is 0. The van der Waals surface area contributed by atoms with Gasteiger partial charge >= 0.3 is 0 Å². The number of hydrogen-bond donors (Lipinski definition) is 1. The van der Waals surface area contributed by atoms with Crippen LogP contribution in [-0.2, 0) is 4.79 Å². The van der Waals surface area contributed by atoms with Crippen LogP contribution in [0, 0.1) is 0 Å². The Hall–Kier alpha value is -0.440. The number of rotatable bonds is 2. The van der Waals surface area contributed by atoms with Crippen LogP contribution in [0.2, 0.25) is 0 Å². The highest BCUT2D eigenvalue weighted by Gasteiger charge is 2.37. The second kappa shape index (κ2) is 2.89. The molecule has 0 aliphatic carbocycles. The van der Waals surface area contributed by atoms with Gasteiger partial charge in [-0.25, -0.2) is 4.39 Å². The van der Waals surface area contributed by atoms with Gasteiger partial charge in [-0.05, 0) is 6.92 Å². The molecule has 1 rings (SSSR count). The van der Waals surface area contributed by atoms with Gasteiger partial charge in [0.1, 0.15) is 11.5 Å². The molecule has 3 heteroatoms. The van der Waals surface area contributed by atoms with Gasteiger partial charge in [-0.2, -0.15) is 0 Å². The molecule has 0 aromatic heterocycles. The van der Waals surface area contributed by atoms with Gasteiger partial charge in [0.05, 0.1) is 6.04 Å². The van der Waals surface area contributed by atoms with E-state index in [9.17, 15) is 9.18 Å². The number of alkyl halides is 1. The Bertz CT molecular complexity index is 167. The standard InChI is InChI=1S/C8H14FNO/c1-3-7(11)6-4-8(2,9)5-10-6/h6,10H,3-5H2,1-2H3/t6-,8?/m0/s1. The van der Waals surface area contributed by atoms with Crippen LogP contribution in [0.5, 0.6) is 0 Å². The molecule has 0 amide bonds. The van der Waals surface area contributed by atoms with Crippen LogP contribution in [0.25, 0.3) is 0 Å². The highest BCUT2D eigenvalue weighted by molar-refractivity contribution is 5.84. The van der Waals surface area contributed by atoms with Crippen LogP contribution in [0.4, 0.5) is 4.39 Å². The molecule has 0 bridgehead atoms. The molecular weight excluding hydrogens is 145 g/mol. The lowest BCUT2D eigenvalue weighted by molar-refractivity contribution is -0.120. The predicted octanol–water partition coefficient (Wildman–Crippen LogP) is 1.06. The molecule has 1 aliphatic rings. The highest BCUT2D eigenvalue weighted by atomic mass is 19.1. The Labute approximate surface area is 66.2 Å². The highest BCUT2D eigenvalue weighted by Crippen LogP contribution is 2.23. The van der Waals surface area contributed by atoms with Crippen LogP contribution in [0.1, 0.15) is 26.7 Å². The van der Waals surface area contributed by atoms with E-state index in [1.165, 1.54) is 6.92 Å². The lowest BCUT2D eigenvalue weighted by Gasteiger charge is -2.09. The molecule has 0 aromatic rings. The maximum absolute atomic E-state index is 13.1. The zero-order valence-electron chi connectivity index (χ0n) is 6.98. The summed E-state index contributed by atoms with van der Waals surface area (Å²) in [5.74, 6) is 0.117. The number of ketones is 1. The van der Waals surface area contributed by atoms with E-state index in [2.05, 4.69) is 5.32 Å². The van der Waals surface area contributed by atoms with Crippen molar-refractivity contribution in [3.63, 3.8) is 0 Å². The van der Waals surface area contributed by atoms with Crippen molar-refractivity contribution in [3.05, 3.63) is 0 Å². The van der Waals surface area contributed by atoms with Gasteiger partial charge in [0.15, 0.2) is 0 Å². The lowest BCUT2D eigenvalue weighted by Crippen LogP contribution is -2.29. The summed E-state index contributed by atoms with van der Waals surface area (Å²) in [5.41, 5.74) is -1.19. The molecule has 11 heavy (non-hydrogen) atoms. The van der Waals surface area contributed by atoms with Gasteiger partial charge in [-0.1, -0.05) is 6.92 Å². The van der Waals surface area contributed by atoms with E-state index in [1.807, 2.05) is 0 Å². The first-order valence-electron chi connectivity index (χ1n) is 4.00. The SMILES string of the molecule is CCC(=O)[C@@H]1CC(C)(F)CN1. The number of hydrogen-bond acceptors (Lipinski definition) is 2. The molecule has 2 atom stereocenters. The number of carbonyl (C=O) groups is 1. The molecule has 0 aromatic carbocycles. The van der Waals surface area contributed by atoms with Crippen LogP contribution >= 0.6 is 0 Å². The first-order chi connectivity index (χ1) is 5.05. The number of carbonyl (C=O) groups excluding carboxylic acids is 1. The summed E-state index contributed by atoms with van der Waals surface area (Å²) in [6.45, 7) is 3.64. The Kier molecular flexibility index (Phi) is 2.28. The zero-order valence-corrected chi connectivity index (χ0v) is 6.98. The van der Waals surface area contributed by atoms with Crippen molar-refractivity contribution in [3.8, 4) is 0 Å². The minimum atomic E-state index is -1.19. The molecular formula is C8H14FNO. The molecule has 0 saturated carbocycles. The molecule has 1 heterocycles. The van der Waals surface area contributed by atoms with E-state index in [4.69, 9.17) is 0 Å². The average molecular weight is 159 g/mol. The topological polar surface area (TPSA) is 29.1 Å². The van der Waals surface area contributed by atoms with Crippen molar-refractivity contribution in [1.29, 1.82) is 0 Å². The zero-order chi connectivity index (χ0) is 8.48. The molecule has 1 aliphatic heterocycles. The van der Waals surface area contributed by atoms with E-state index >= 15 is 0 Å². The van der Waals surface area contributed by atoms with Crippen molar-refractivity contribution < 1.29 is 9.18 Å². The molecule has 1 unspecified atom stereocenters. The number of nitrogens with one attached hydrogen (secondary N) is 1. The van der Waals surface area contributed by atoms with Crippen molar-refractivity contribution in [2.75, 3.05) is 6.54 Å². The number of halogens is 1. The fourth-order valence-corrected chi connectivity index (χ4v) is 1.38. The first kappa shape index (κ1) is 8.65. The lowest BCUT2D eigenvalue weighted by atomic mass is 10.0. The first-order valence-corrected chi connectivity index (χ1v) is 4.00. The number of Topliss-reactive ketones (excluding diaryl/α,β-unsaturated/α-hetero) is 1. The Morgan fingerprint density at radius 2 is 2.45 bits per heavy atom. The van der Waals surface area contributed by atoms with Gasteiger partial charge in [-0.15, -0.1) is 0 Å². The van der Waals surface area contributed by atoms with Crippen molar-refractivity contribution in [1.82, 2.24) is 5.32 Å². The maximum atomic E-state index is 13.1. The smallest absolute Gasteiger partial charge is 0.149 e. The minimum Gasteiger partial charge on any atom is -0.304 e. The molecule has 1 fully saturated rings. The van der Waals surface area contributed by atoms with Crippen LogP contribution in [0.15, 0.2) is 0 Å². The molecule has 2 nitrogen and oxygen atoms in total. The van der Waals surface area contributed by atoms with Crippen LogP contribution in [-0.4, -0.2) is 24.0 Å². The second-order valence-electron chi connectivity index (χ2n) is 3.37. The quantitative estimate of drug-likeness (QED) is 0.652. The van der Waals surface area contributed by atoms with Gasteiger partial charge < -0.3 is 5.32 Å². The van der Waals surface area contributed by atoms with Gasteiger partial charge in [0.25, 0.3) is 0 Å². The summed E-state index contributed by atoms with van der Waals surface area (Å²) < 4.78 is 13.1. The molecule has 0 spiro atoms. The molecule has 1 N–H and O–H groups in total. The Morgan fingerprint density at radius 3 is 2.82 bits per heavy atom. The molecule has 1 saturated heterocycles. The average Bonchev–Trinajstić information content (AvgIpc) is 2.29. The maximum Gasteiger partial charge on any atom is 0.149 e. The van der Waals surface area contributed by atoms with Gasteiger partial charge in [0, 0.05) is 19.4 Å². The summed E-state index contributed by atoms with van der Waals surface area (Å²) in [5, 5.41) is 2.87. The van der Waals surface area contributed by atoms with Gasteiger partial charge in [0.2, 0.25) is 0 Å². The van der Waals surface area contributed by atoms with Gasteiger partial charge in [-0.3, -0.25) is 4.79 Å². The third-order valence-electron chi connectivity index (χ3n) is 2.08. The Morgan fingerprint density at radius 1 is 1.82 bits per heavy atom. The second-order valence-corrected chi connectivity index (χ2v) is 3.37. The summed E-state index contributed by atoms with van der Waals surface area (Å²) in [6, 6.07) is -0.241. The molecule has 0 radical (unpaired) electrons. The van der Waals surface area contributed by atoms with E-state index in [1.54, 1.807) is 6.92 Å². The van der Waals surface area contributed by atoms with E-state index in [0.717, 1.165) is 0 Å². The fraction of sp³-hybridized carbons (Fsp3) is 0.875. The van der Waals surface area contributed by atoms with E-state index < -0.39 is 5.67 Å². The summed E-state index contributed by atoms with van der Waals surface area (Å²) in [6.07, 6.45) is 0.827. The van der Waals surface area contributed by atoms with Crippen molar-refractivity contribution in [2.24, 2.45) is 0 Å². The predicted molar refractivity (Wildman–Crippen MR) is 41.2 cm³/mol. The Balaban J connectivity index is 2.48. The fourth-order valence-electron chi connectivity index (χ4n) is 1.38. The largest absolute Gasteiger partial charge is 0.304 e. The molecule has 64 valence electrons. The van der Waals surface area contributed by atoms with Crippen LogP contribution in [0.3, 0.4) is 0 Å². The van der Waals surface area contributed by atoms with Crippen molar-refractivity contribution in [2.45, 2.75) is 38.4 Å².